The third-order valence-corrected chi connectivity index (χ3v) is 7.45. The number of nitro groups is 2. The number of fused-ring (bicyclic) bond motifs is 5. The van der Waals surface area contributed by atoms with Crippen molar-refractivity contribution in [3.8, 4) is 0 Å². The highest BCUT2D eigenvalue weighted by atomic mass is 16.6. The highest BCUT2D eigenvalue weighted by Crippen LogP contribution is 2.76. The van der Waals surface area contributed by atoms with E-state index in [0.717, 1.165) is 17.5 Å². The van der Waals surface area contributed by atoms with Gasteiger partial charge in [0.2, 0.25) is 0 Å². The number of benzene rings is 2. The smallest absolute Gasteiger partial charge is 0.258 e. The molecule has 5 rings (SSSR count). The molecule has 0 saturated heterocycles. The summed E-state index contributed by atoms with van der Waals surface area (Å²) in [7, 11) is 0. The first-order valence-corrected chi connectivity index (χ1v) is 9.86. The predicted octanol–water partition coefficient (Wildman–Crippen LogP) is 5.29. The minimum absolute atomic E-state index is 0.00580. The van der Waals surface area contributed by atoms with Crippen LogP contribution in [0.1, 0.15) is 31.4 Å². The summed E-state index contributed by atoms with van der Waals surface area (Å²) in [5, 5.41) is 32.5. The zero-order valence-electron chi connectivity index (χ0n) is 16.6. The maximum atomic E-state index is 11.4. The van der Waals surface area contributed by atoms with Crippen molar-refractivity contribution in [1.29, 1.82) is 0 Å². The molecule has 8 nitrogen and oxygen atoms in total. The lowest BCUT2D eigenvalue weighted by Gasteiger charge is -2.41. The van der Waals surface area contributed by atoms with Gasteiger partial charge in [-0.15, -0.1) is 0 Å². The molecule has 0 amide bonds. The molecular formula is C22H20N4O4. The molecule has 1 fully saturated rings. The van der Waals surface area contributed by atoms with Gasteiger partial charge < -0.3 is 0 Å². The SMILES string of the molecule is CC1(C)[C@]2(c3cccc([N+](=O)[O-])c3)N=N[C@@]1(c1cccc([N+](=O)[O-])c1)[C@H]1CC=C[C@H]12. The molecule has 0 radical (unpaired) electrons. The average Bonchev–Trinajstić information content (AvgIpc) is 3.35. The van der Waals surface area contributed by atoms with Crippen LogP contribution in [0, 0.1) is 37.5 Å². The molecule has 1 aliphatic heterocycles. The minimum Gasteiger partial charge on any atom is -0.258 e. The van der Waals surface area contributed by atoms with E-state index in [-0.39, 0.29) is 23.2 Å². The van der Waals surface area contributed by atoms with Crippen molar-refractivity contribution < 1.29 is 9.85 Å². The Morgan fingerprint density at radius 1 is 0.900 bits per heavy atom. The van der Waals surface area contributed by atoms with Crippen LogP contribution in [0.3, 0.4) is 0 Å². The second-order valence-electron chi connectivity index (χ2n) is 8.77. The highest BCUT2D eigenvalue weighted by Gasteiger charge is 2.77. The Hall–Kier alpha value is -3.42. The van der Waals surface area contributed by atoms with Gasteiger partial charge in [-0.3, -0.25) is 20.2 Å². The van der Waals surface area contributed by atoms with Crippen LogP contribution in [0.15, 0.2) is 70.9 Å². The summed E-state index contributed by atoms with van der Waals surface area (Å²) in [6.45, 7) is 4.16. The Morgan fingerprint density at radius 3 is 2.00 bits per heavy atom. The summed E-state index contributed by atoms with van der Waals surface area (Å²) in [5.41, 5.74) is -0.504. The molecule has 0 N–H and O–H groups in total. The molecule has 152 valence electrons. The van der Waals surface area contributed by atoms with E-state index in [4.69, 9.17) is 10.2 Å². The molecule has 0 unspecified atom stereocenters. The van der Waals surface area contributed by atoms with Crippen LogP contribution in [0.25, 0.3) is 0 Å². The Balaban J connectivity index is 1.76. The molecule has 0 spiro atoms. The van der Waals surface area contributed by atoms with Gasteiger partial charge in [0.15, 0.2) is 0 Å². The Bertz CT molecular complexity index is 1160. The fraction of sp³-hybridized carbons (Fsp3) is 0.364. The summed E-state index contributed by atoms with van der Waals surface area (Å²) < 4.78 is 0. The maximum Gasteiger partial charge on any atom is 0.269 e. The summed E-state index contributed by atoms with van der Waals surface area (Å²) >= 11 is 0. The van der Waals surface area contributed by atoms with Crippen LogP contribution < -0.4 is 0 Å². The number of rotatable bonds is 4. The number of hydrogen-bond donors (Lipinski definition) is 0. The van der Waals surface area contributed by atoms with Crippen LogP contribution >= 0.6 is 0 Å². The zero-order valence-corrected chi connectivity index (χ0v) is 16.6. The minimum atomic E-state index is -0.776. The second kappa shape index (κ2) is 5.81. The first kappa shape index (κ1) is 18.6. The molecule has 2 aromatic rings. The van der Waals surface area contributed by atoms with Crippen LogP contribution in [0.2, 0.25) is 0 Å². The number of hydrogen-bond acceptors (Lipinski definition) is 6. The largest absolute Gasteiger partial charge is 0.269 e. The summed E-state index contributed by atoms with van der Waals surface area (Å²) in [6.07, 6.45) is 5.04. The molecule has 8 heteroatoms. The number of nitrogens with zero attached hydrogens (tertiary/aromatic N) is 4. The van der Waals surface area contributed by atoms with Crippen LogP contribution in [-0.4, -0.2) is 9.85 Å². The Kier molecular flexibility index (Phi) is 3.60. The number of non-ortho nitro benzene ring substituents is 2. The molecule has 0 aromatic heterocycles. The fourth-order valence-electron chi connectivity index (χ4n) is 6.19. The van der Waals surface area contributed by atoms with Crippen LogP contribution in [0.4, 0.5) is 11.4 Å². The lowest BCUT2D eigenvalue weighted by molar-refractivity contribution is -0.385. The van der Waals surface area contributed by atoms with Gasteiger partial charge >= 0.3 is 0 Å². The molecule has 30 heavy (non-hydrogen) atoms. The van der Waals surface area contributed by atoms with E-state index in [1.54, 1.807) is 24.3 Å². The van der Waals surface area contributed by atoms with Gasteiger partial charge in [-0.1, -0.05) is 50.3 Å². The van der Waals surface area contributed by atoms with E-state index in [2.05, 4.69) is 26.0 Å². The van der Waals surface area contributed by atoms with E-state index >= 15 is 0 Å². The van der Waals surface area contributed by atoms with Crippen molar-refractivity contribution in [2.24, 2.45) is 27.5 Å². The Labute approximate surface area is 172 Å². The molecule has 1 heterocycles. The van der Waals surface area contributed by atoms with Crippen molar-refractivity contribution >= 4 is 11.4 Å². The fourth-order valence-corrected chi connectivity index (χ4v) is 6.19. The van der Waals surface area contributed by atoms with Crippen molar-refractivity contribution in [2.45, 2.75) is 31.3 Å². The summed E-state index contributed by atoms with van der Waals surface area (Å²) in [4.78, 5) is 22.0. The summed E-state index contributed by atoms with van der Waals surface area (Å²) in [5.74, 6) is 0.0810. The molecule has 3 aliphatic rings. The summed E-state index contributed by atoms with van der Waals surface area (Å²) in [6, 6.07) is 13.3. The molecule has 1 saturated carbocycles. The topological polar surface area (TPSA) is 111 Å². The van der Waals surface area contributed by atoms with Gasteiger partial charge in [-0.2, -0.15) is 10.2 Å². The molecule has 4 atom stereocenters. The van der Waals surface area contributed by atoms with Crippen LogP contribution in [-0.2, 0) is 11.1 Å². The predicted molar refractivity (Wildman–Crippen MR) is 109 cm³/mol. The van der Waals surface area contributed by atoms with Gasteiger partial charge in [0, 0.05) is 41.5 Å². The molecule has 2 aliphatic carbocycles. The zero-order chi connectivity index (χ0) is 21.3. The maximum absolute atomic E-state index is 11.4. The van der Waals surface area contributed by atoms with Gasteiger partial charge in [0.05, 0.1) is 9.85 Å². The number of nitro benzene ring substituents is 2. The van der Waals surface area contributed by atoms with E-state index in [0.29, 0.717) is 0 Å². The highest BCUT2D eigenvalue weighted by molar-refractivity contribution is 5.51. The number of allylic oxidation sites excluding steroid dienone is 1. The first-order valence-electron chi connectivity index (χ1n) is 9.86. The monoisotopic (exact) mass is 404 g/mol. The molecule has 2 aromatic carbocycles. The van der Waals surface area contributed by atoms with Crippen molar-refractivity contribution in [2.75, 3.05) is 0 Å². The lowest BCUT2D eigenvalue weighted by Crippen LogP contribution is -2.44. The molecular weight excluding hydrogens is 384 g/mol. The normalized spacial score (nSPS) is 32.3. The van der Waals surface area contributed by atoms with E-state index in [1.165, 1.54) is 12.1 Å². The second-order valence-corrected chi connectivity index (χ2v) is 8.77. The van der Waals surface area contributed by atoms with E-state index in [9.17, 15) is 20.2 Å². The van der Waals surface area contributed by atoms with E-state index in [1.807, 2.05) is 12.1 Å². The van der Waals surface area contributed by atoms with Gasteiger partial charge in [0.1, 0.15) is 11.1 Å². The van der Waals surface area contributed by atoms with Gasteiger partial charge in [-0.05, 0) is 17.5 Å². The third-order valence-electron chi connectivity index (χ3n) is 7.45. The number of azo groups is 1. The van der Waals surface area contributed by atoms with E-state index < -0.39 is 26.3 Å². The first-order chi connectivity index (χ1) is 14.3. The van der Waals surface area contributed by atoms with Crippen molar-refractivity contribution in [1.82, 2.24) is 0 Å². The van der Waals surface area contributed by atoms with Gasteiger partial charge in [0.25, 0.3) is 11.4 Å². The average molecular weight is 404 g/mol. The Morgan fingerprint density at radius 2 is 1.43 bits per heavy atom. The van der Waals surface area contributed by atoms with Crippen molar-refractivity contribution in [3.05, 3.63) is 92.0 Å². The quantitative estimate of drug-likeness (QED) is 0.391. The van der Waals surface area contributed by atoms with Gasteiger partial charge in [-0.25, -0.2) is 0 Å². The standard InChI is InChI=1S/C22H20N4O4/c1-20(2)21(14-6-3-8-16(12-14)25(27)28)18-10-5-11-19(18)22(20,24-23-21)15-7-4-9-17(13-15)26(29)30/h3-10,12-13,18-19H,11H2,1-2H3/t18-,19+,21-,22+/m1/s1. The van der Waals surface area contributed by atoms with Crippen LogP contribution in [0.5, 0.6) is 0 Å². The lowest BCUT2D eigenvalue weighted by atomic mass is 9.61. The third kappa shape index (κ3) is 1.96. The van der Waals surface area contributed by atoms with Crippen molar-refractivity contribution in [3.63, 3.8) is 0 Å². The molecule has 2 bridgehead atoms.